The molecule has 1 aromatic rings. The largest absolute Gasteiger partial charge is 0.326 e. The van der Waals surface area contributed by atoms with Crippen LogP contribution >= 0.6 is 27.3 Å². The van der Waals surface area contributed by atoms with E-state index < -0.39 is 0 Å². The van der Waals surface area contributed by atoms with E-state index in [-0.39, 0.29) is 6.04 Å². The maximum atomic E-state index is 6.47. The molecule has 1 rings (SSSR count). The van der Waals surface area contributed by atoms with Gasteiger partial charge in [-0.25, -0.2) is 0 Å². The third-order valence-corrected chi connectivity index (χ3v) is 5.74. The van der Waals surface area contributed by atoms with Gasteiger partial charge in [0.2, 0.25) is 0 Å². The standard InChI is InChI=1S/C16H29BrN2S/c1-5-8-11-19(12(4)6-2)16(13(18)7-3)14-9-10-15(17)20-14/h9-10,12-13,16H,5-8,11,18H2,1-4H3. The van der Waals surface area contributed by atoms with E-state index in [1.807, 2.05) is 11.3 Å². The lowest BCUT2D eigenvalue weighted by molar-refractivity contribution is 0.118. The Hall–Kier alpha value is 0.1000. The SMILES string of the molecule is CCCCN(C(C)CC)C(c1ccc(Br)s1)C(N)CC. The molecular formula is C16H29BrN2S. The fourth-order valence-electron chi connectivity index (χ4n) is 2.54. The molecule has 20 heavy (non-hydrogen) atoms. The monoisotopic (exact) mass is 360 g/mol. The number of nitrogens with zero attached hydrogens (tertiary/aromatic N) is 1. The molecule has 0 radical (unpaired) electrons. The molecule has 0 saturated carbocycles. The summed E-state index contributed by atoms with van der Waals surface area (Å²) in [7, 11) is 0. The highest BCUT2D eigenvalue weighted by atomic mass is 79.9. The van der Waals surface area contributed by atoms with Crippen LogP contribution in [-0.2, 0) is 0 Å². The van der Waals surface area contributed by atoms with E-state index in [0.717, 1.165) is 13.0 Å². The highest BCUT2D eigenvalue weighted by Crippen LogP contribution is 2.35. The Labute approximate surface area is 136 Å². The van der Waals surface area contributed by atoms with E-state index in [1.54, 1.807) is 0 Å². The summed E-state index contributed by atoms with van der Waals surface area (Å²) in [6, 6.07) is 5.49. The molecule has 0 aliphatic carbocycles. The van der Waals surface area contributed by atoms with Gasteiger partial charge in [-0.3, -0.25) is 4.90 Å². The number of nitrogens with two attached hydrogens (primary N) is 1. The number of halogens is 1. The minimum absolute atomic E-state index is 0.200. The molecular weight excluding hydrogens is 332 g/mol. The highest BCUT2D eigenvalue weighted by Gasteiger charge is 2.29. The number of hydrogen-bond donors (Lipinski definition) is 1. The second kappa shape index (κ2) is 9.19. The molecule has 3 unspecified atom stereocenters. The Morgan fingerprint density at radius 3 is 2.40 bits per heavy atom. The zero-order valence-electron chi connectivity index (χ0n) is 13.2. The number of thiophene rings is 1. The highest BCUT2D eigenvalue weighted by molar-refractivity contribution is 9.11. The molecule has 1 heterocycles. The van der Waals surface area contributed by atoms with Crippen molar-refractivity contribution < 1.29 is 0 Å². The lowest BCUT2D eigenvalue weighted by atomic mass is 10.00. The van der Waals surface area contributed by atoms with Crippen molar-refractivity contribution in [1.29, 1.82) is 0 Å². The van der Waals surface area contributed by atoms with E-state index in [1.165, 1.54) is 27.9 Å². The van der Waals surface area contributed by atoms with E-state index >= 15 is 0 Å². The predicted molar refractivity (Wildman–Crippen MR) is 94.4 cm³/mol. The Kier molecular flexibility index (Phi) is 8.34. The van der Waals surface area contributed by atoms with Gasteiger partial charge in [-0.05, 0) is 60.8 Å². The van der Waals surface area contributed by atoms with Gasteiger partial charge in [-0.1, -0.05) is 27.2 Å². The summed E-state index contributed by atoms with van der Waals surface area (Å²) in [5.74, 6) is 0. The lowest BCUT2D eigenvalue weighted by Gasteiger charge is -2.38. The quantitative estimate of drug-likeness (QED) is 0.656. The van der Waals surface area contributed by atoms with Crippen LogP contribution in [0.4, 0.5) is 0 Å². The van der Waals surface area contributed by atoms with Crippen LogP contribution in [0.15, 0.2) is 15.9 Å². The van der Waals surface area contributed by atoms with Gasteiger partial charge in [0.25, 0.3) is 0 Å². The van der Waals surface area contributed by atoms with Crippen LogP contribution in [0.25, 0.3) is 0 Å². The number of hydrogen-bond acceptors (Lipinski definition) is 3. The minimum atomic E-state index is 0.200. The van der Waals surface area contributed by atoms with Crippen molar-refractivity contribution in [2.75, 3.05) is 6.54 Å². The summed E-state index contributed by atoms with van der Waals surface area (Å²) >= 11 is 5.41. The maximum Gasteiger partial charge on any atom is 0.0702 e. The molecule has 2 nitrogen and oxygen atoms in total. The Balaban J connectivity index is 3.03. The number of rotatable bonds is 9. The van der Waals surface area contributed by atoms with Crippen molar-refractivity contribution in [1.82, 2.24) is 4.90 Å². The zero-order chi connectivity index (χ0) is 15.1. The molecule has 0 aromatic carbocycles. The molecule has 116 valence electrons. The van der Waals surface area contributed by atoms with E-state index in [0.29, 0.717) is 12.1 Å². The summed E-state index contributed by atoms with van der Waals surface area (Å²) in [5, 5.41) is 0. The first-order valence-corrected chi connectivity index (χ1v) is 9.42. The number of unbranched alkanes of at least 4 members (excludes halogenated alkanes) is 1. The van der Waals surface area contributed by atoms with Crippen LogP contribution in [0, 0.1) is 0 Å². The van der Waals surface area contributed by atoms with Crippen molar-refractivity contribution in [3.05, 3.63) is 20.8 Å². The third-order valence-electron chi connectivity index (χ3n) is 4.05. The van der Waals surface area contributed by atoms with Crippen LogP contribution in [-0.4, -0.2) is 23.5 Å². The normalized spacial score (nSPS) is 16.4. The van der Waals surface area contributed by atoms with Crippen LogP contribution in [0.1, 0.15) is 64.3 Å². The molecule has 4 heteroatoms. The van der Waals surface area contributed by atoms with Crippen LogP contribution in [0.2, 0.25) is 0 Å². The minimum Gasteiger partial charge on any atom is -0.326 e. The summed E-state index contributed by atoms with van der Waals surface area (Å²) in [4.78, 5) is 4.01. The molecule has 0 aliphatic rings. The molecule has 0 amide bonds. The molecule has 0 bridgehead atoms. The van der Waals surface area contributed by atoms with Crippen molar-refractivity contribution in [3.8, 4) is 0 Å². The summed E-state index contributed by atoms with van der Waals surface area (Å²) in [6.07, 6.45) is 4.65. The van der Waals surface area contributed by atoms with Gasteiger partial charge in [-0.15, -0.1) is 11.3 Å². The van der Waals surface area contributed by atoms with Crippen molar-refractivity contribution in [2.45, 2.75) is 71.5 Å². The van der Waals surface area contributed by atoms with Gasteiger partial charge in [0.05, 0.1) is 9.83 Å². The first kappa shape index (κ1) is 18.1. The van der Waals surface area contributed by atoms with Gasteiger partial charge < -0.3 is 5.73 Å². The fourth-order valence-corrected chi connectivity index (χ4v) is 4.16. The molecule has 0 fully saturated rings. The average Bonchev–Trinajstić information content (AvgIpc) is 2.87. The summed E-state index contributed by atoms with van der Waals surface area (Å²) in [6.45, 7) is 10.2. The van der Waals surface area contributed by atoms with Crippen LogP contribution < -0.4 is 5.73 Å². The van der Waals surface area contributed by atoms with E-state index in [4.69, 9.17) is 5.73 Å². The Morgan fingerprint density at radius 1 is 1.25 bits per heavy atom. The first-order valence-electron chi connectivity index (χ1n) is 7.81. The van der Waals surface area contributed by atoms with Gasteiger partial charge in [0.1, 0.15) is 0 Å². The molecule has 0 spiro atoms. The topological polar surface area (TPSA) is 29.3 Å². The van der Waals surface area contributed by atoms with Crippen LogP contribution in [0.3, 0.4) is 0 Å². The van der Waals surface area contributed by atoms with Crippen LogP contribution in [0.5, 0.6) is 0 Å². The van der Waals surface area contributed by atoms with E-state index in [2.05, 4.69) is 60.7 Å². The first-order chi connectivity index (χ1) is 9.54. The lowest BCUT2D eigenvalue weighted by Crippen LogP contribution is -2.45. The zero-order valence-corrected chi connectivity index (χ0v) is 15.6. The Bertz CT molecular complexity index is 380. The van der Waals surface area contributed by atoms with Gasteiger partial charge in [0, 0.05) is 17.0 Å². The smallest absolute Gasteiger partial charge is 0.0702 e. The van der Waals surface area contributed by atoms with Gasteiger partial charge in [0.15, 0.2) is 0 Å². The fraction of sp³-hybridized carbons (Fsp3) is 0.750. The second-order valence-corrected chi connectivity index (χ2v) is 8.00. The van der Waals surface area contributed by atoms with Gasteiger partial charge in [-0.2, -0.15) is 0 Å². The third kappa shape index (κ3) is 4.83. The average molecular weight is 361 g/mol. The summed E-state index contributed by atoms with van der Waals surface area (Å²) < 4.78 is 1.19. The Morgan fingerprint density at radius 2 is 1.95 bits per heavy atom. The molecule has 0 saturated heterocycles. The van der Waals surface area contributed by atoms with Crippen molar-refractivity contribution >= 4 is 27.3 Å². The van der Waals surface area contributed by atoms with Gasteiger partial charge >= 0.3 is 0 Å². The maximum absolute atomic E-state index is 6.47. The summed E-state index contributed by atoms with van der Waals surface area (Å²) in [5.41, 5.74) is 6.47. The van der Waals surface area contributed by atoms with E-state index in [9.17, 15) is 0 Å². The second-order valence-electron chi connectivity index (χ2n) is 5.51. The predicted octanol–water partition coefficient (Wildman–Crippen LogP) is 5.19. The molecule has 1 aromatic heterocycles. The molecule has 2 N–H and O–H groups in total. The molecule has 0 aliphatic heterocycles. The van der Waals surface area contributed by atoms with Crippen molar-refractivity contribution in [3.63, 3.8) is 0 Å². The van der Waals surface area contributed by atoms with Crippen molar-refractivity contribution in [2.24, 2.45) is 5.73 Å². The molecule has 3 atom stereocenters.